The summed E-state index contributed by atoms with van der Waals surface area (Å²) in [5, 5.41) is 3.53. The van der Waals surface area contributed by atoms with Gasteiger partial charge >= 0.3 is 0 Å². The molecule has 1 aromatic carbocycles. The van der Waals surface area contributed by atoms with E-state index in [-0.39, 0.29) is 0 Å². The van der Waals surface area contributed by atoms with E-state index < -0.39 is 0 Å². The fourth-order valence-electron chi connectivity index (χ4n) is 1.48. The first kappa shape index (κ1) is 14.0. The van der Waals surface area contributed by atoms with Gasteiger partial charge in [0.05, 0.1) is 6.61 Å². The van der Waals surface area contributed by atoms with Gasteiger partial charge in [-0.1, -0.05) is 32.9 Å². The first-order chi connectivity index (χ1) is 8.13. The van der Waals surface area contributed by atoms with Crippen molar-refractivity contribution in [3.05, 3.63) is 29.8 Å². The molecule has 1 unspecified atom stereocenters. The average Bonchev–Trinajstić information content (AvgIpc) is 2.33. The zero-order valence-corrected chi connectivity index (χ0v) is 11.5. The number of rotatable bonds is 7. The Balaban J connectivity index is 2.48. The Kier molecular flexibility index (Phi) is 6.06. The summed E-state index contributed by atoms with van der Waals surface area (Å²) in [4.78, 5) is 0. The molecule has 96 valence electrons. The molecular weight excluding hydrogens is 210 g/mol. The van der Waals surface area contributed by atoms with Crippen LogP contribution >= 0.6 is 0 Å². The summed E-state index contributed by atoms with van der Waals surface area (Å²) < 4.78 is 5.62. The first-order valence-corrected chi connectivity index (χ1v) is 6.58. The van der Waals surface area contributed by atoms with Crippen LogP contribution in [0.25, 0.3) is 0 Å². The Morgan fingerprint density at radius 3 is 2.65 bits per heavy atom. The molecule has 17 heavy (non-hydrogen) atoms. The molecular formula is C15H25NO. The van der Waals surface area contributed by atoms with Crippen LogP contribution in [0.15, 0.2) is 24.3 Å². The van der Waals surface area contributed by atoms with Gasteiger partial charge in [0.25, 0.3) is 0 Å². The standard InChI is InChI=1S/C15H25NO/c1-5-9-17-15-8-6-7-14(10-15)11-16-13(4)12(2)3/h6-8,10,12-13,16H,5,9,11H2,1-4H3. The fourth-order valence-corrected chi connectivity index (χ4v) is 1.48. The summed E-state index contributed by atoms with van der Waals surface area (Å²) in [5.74, 6) is 1.64. The minimum Gasteiger partial charge on any atom is -0.494 e. The van der Waals surface area contributed by atoms with Gasteiger partial charge in [0.15, 0.2) is 0 Å². The second kappa shape index (κ2) is 7.33. The number of nitrogens with one attached hydrogen (secondary N) is 1. The van der Waals surface area contributed by atoms with E-state index in [1.54, 1.807) is 0 Å². The maximum atomic E-state index is 5.62. The highest BCUT2D eigenvalue weighted by Gasteiger charge is 2.05. The number of hydrogen-bond donors (Lipinski definition) is 1. The lowest BCUT2D eigenvalue weighted by Gasteiger charge is -2.17. The van der Waals surface area contributed by atoms with Crippen molar-refractivity contribution in [2.75, 3.05) is 6.61 Å². The Morgan fingerprint density at radius 2 is 2.00 bits per heavy atom. The molecule has 0 aliphatic carbocycles. The Labute approximate surface area is 105 Å². The van der Waals surface area contributed by atoms with Crippen LogP contribution in [0, 0.1) is 5.92 Å². The lowest BCUT2D eigenvalue weighted by molar-refractivity contribution is 0.317. The van der Waals surface area contributed by atoms with E-state index in [0.717, 1.165) is 25.3 Å². The van der Waals surface area contributed by atoms with Crippen molar-refractivity contribution in [3.63, 3.8) is 0 Å². The van der Waals surface area contributed by atoms with E-state index in [0.29, 0.717) is 12.0 Å². The molecule has 0 amide bonds. The fraction of sp³-hybridized carbons (Fsp3) is 0.600. The molecule has 1 aromatic rings. The Bertz CT molecular complexity index is 322. The van der Waals surface area contributed by atoms with Gasteiger partial charge in [-0.05, 0) is 37.0 Å². The molecule has 1 atom stereocenters. The second-order valence-electron chi connectivity index (χ2n) is 4.91. The van der Waals surface area contributed by atoms with Crippen LogP contribution in [0.5, 0.6) is 5.75 Å². The van der Waals surface area contributed by atoms with Crippen molar-refractivity contribution in [3.8, 4) is 5.75 Å². The van der Waals surface area contributed by atoms with Crippen LogP contribution in [0.1, 0.15) is 39.7 Å². The van der Waals surface area contributed by atoms with Crippen molar-refractivity contribution >= 4 is 0 Å². The summed E-state index contributed by atoms with van der Waals surface area (Å²) >= 11 is 0. The highest BCUT2D eigenvalue weighted by atomic mass is 16.5. The Morgan fingerprint density at radius 1 is 1.24 bits per heavy atom. The third kappa shape index (κ3) is 5.22. The van der Waals surface area contributed by atoms with Gasteiger partial charge in [-0.15, -0.1) is 0 Å². The summed E-state index contributed by atoms with van der Waals surface area (Å²) in [7, 11) is 0. The van der Waals surface area contributed by atoms with Gasteiger partial charge in [0.1, 0.15) is 5.75 Å². The number of benzene rings is 1. The van der Waals surface area contributed by atoms with Gasteiger partial charge in [-0.25, -0.2) is 0 Å². The lowest BCUT2D eigenvalue weighted by atomic mass is 10.1. The number of hydrogen-bond acceptors (Lipinski definition) is 2. The first-order valence-electron chi connectivity index (χ1n) is 6.58. The highest BCUT2D eigenvalue weighted by Crippen LogP contribution is 2.14. The predicted molar refractivity (Wildman–Crippen MR) is 73.4 cm³/mol. The van der Waals surface area contributed by atoms with Crippen molar-refractivity contribution in [2.45, 2.75) is 46.7 Å². The molecule has 0 aliphatic heterocycles. The van der Waals surface area contributed by atoms with Crippen LogP contribution in [0.4, 0.5) is 0 Å². The topological polar surface area (TPSA) is 21.3 Å². The van der Waals surface area contributed by atoms with Crippen LogP contribution in [0.3, 0.4) is 0 Å². The molecule has 0 saturated heterocycles. The lowest BCUT2D eigenvalue weighted by Crippen LogP contribution is -2.30. The molecule has 2 nitrogen and oxygen atoms in total. The van der Waals surface area contributed by atoms with E-state index >= 15 is 0 Å². The summed E-state index contributed by atoms with van der Waals surface area (Å²) in [6, 6.07) is 8.87. The van der Waals surface area contributed by atoms with Crippen LogP contribution in [-0.4, -0.2) is 12.6 Å². The maximum Gasteiger partial charge on any atom is 0.119 e. The minimum atomic E-state index is 0.537. The largest absolute Gasteiger partial charge is 0.494 e. The van der Waals surface area contributed by atoms with E-state index in [4.69, 9.17) is 4.74 Å². The van der Waals surface area contributed by atoms with Gasteiger partial charge in [0, 0.05) is 12.6 Å². The zero-order valence-electron chi connectivity index (χ0n) is 11.5. The summed E-state index contributed by atoms with van der Waals surface area (Å²) in [6.07, 6.45) is 1.05. The van der Waals surface area contributed by atoms with E-state index in [9.17, 15) is 0 Å². The predicted octanol–water partition coefficient (Wildman–Crippen LogP) is 3.61. The average molecular weight is 235 g/mol. The molecule has 0 fully saturated rings. The van der Waals surface area contributed by atoms with E-state index in [1.807, 2.05) is 6.07 Å². The Hall–Kier alpha value is -1.02. The molecule has 0 bridgehead atoms. The van der Waals surface area contributed by atoms with Crippen LogP contribution < -0.4 is 10.1 Å². The van der Waals surface area contributed by atoms with Gasteiger partial charge < -0.3 is 10.1 Å². The molecule has 0 spiro atoms. The molecule has 0 radical (unpaired) electrons. The van der Waals surface area contributed by atoms with Crippen molar-refractivity contribution in [2.24, 2.45) is 5.92 Å². The monoisotopic (exact) mass is 235 g/mol. The number of ether oxygens (including phenoxy) is 1. The van der Waals surface area contributed by atoms with Crippen molar-refractivity contribution in [1.29, 1.82) is 0 Å². The second-order valence-corrected chi connectivity index (χ2v) is 4.91. The van der Waals surface area contributed by atoms with Crippen LogP contribution in [0.2, 0.25) is 0 Å². The van der Waals surface area contributed by atoms with Crippen LogP contribution in [-0.2, 0) is 6.54 Å². The normalized spacial score (nSPS) is 12.8. The summed E-state index contributed by atoms with van der Waals surface area (Å²) in [6.45, 7) is 10.5. The molecule has 0 heterocycles. The molecule has 1 N–H and O–H groups in total. The zero-order chi connectivity index (χ0) is 12.7. The SMILES string of the molecule is CCCOc1cccc(CNC(C)C(C)C)c1. The molecule has 2 heteroatoms. The maximum absolute atomic E-state index is 5.62. The molecule has 0 aliphatic rings. The smallest absolute Gasteiger partial charge is 0.119 e. The summed E-state index contributed by atoms with van der Waals surface area (Å²) in [5.41, 5.74) is 1.28. The van der Waals surface area contributed by atoms with Crippen molar-refractivity contribution < 1.29 is 4.74 Å². The molecule has 0 aromatic heterocycles. The molecule has 1 rings (SSSR count). The highest BCUT2D eigenvalue weighted by molar-refractivity contribution is 5.28. The van der Waals surface area contributed by atoms with Gasteiger partial charge in [0.2, 0.25) is 0 Å². The van der Waals surface area contributed by atoms with Crippen molar-refractivity contribution in [1.82, 2.24) is 5.32 Å². The molecule has 0 saturated carbocycles. The third-order valence-corrected chi connectivity index (χ3v) is 3.00. The van der Waals surface area contributed by atoms with E-state index in [1.165, 1.54) is 5.56 Å². The quantitative estimate of drug-likeness (QED) is 0.779. The minimum absolute atomic E-state index is 0.537. The van der Waals surface area contributed by atoms with Gasteiger partial charge in [-0.2, -0.15) is 0 Å². The van der Waals surface area contributed by atoms with Gasteiger partial charge in [-0.3, -0.25) is 0 Å². The third-order valence-electron chi connectivity index (χ3n) is 3.00. The van der Waals surface area contributed by atoms with E-state index in [2.05, 4.69) is 51.2 Å².